The average molecular weight is 470 g/mol. The van der Waals surface area contributed by atoms with E-state index in [0.29, 0.717) is 11.4 Å². The van der Waals surface area contributed by atoms with Gasteiger partial charge in [0, 0.05) is 11.8 Å². The molecule has 0 spiro atoms. The Bertz CT molecular complexity index is 1290. The minimum Gasteiger partial charge on any atom is -0.474 e. The van der Waals surface area contributed by atoms with E-state index in [9.17, 15) is 23.3 Å². The maximum atomic E-state index is 12.7. The number of rotatable bonds is 8. The van der Waals surface area contributed by atoms with Crippen LogP contribution in [0.15, 0.2) is 71.6 Å². The van der Waals surface area contributed by atoms with Gasteiger partial charge in [0.1, 0.15) is 0 Å². The number of nitrogens with zero attached hydrogens (tertiary/aromatic N) is 1. The first-order chi connectivity index (χ1) is 15.6. The van der Waals surface area contributed by atoms with Crippen LogP contribution in [0.25, 0.3) is 0 Å². The Kier molecular flexibility index (Phi) is 6.98. The SMILES string of the molecule is Cc1ccc(NS(=O)(=O)c2ccc(NC(=O)C(C)Oc3ccccc3[N+](=O)[O-])cc2)c(C)c1. The van der Waals surface area contributed by atoms with Crippen molar-refractivity contribution >= 4 is 33.0 Å². The van der Waals surface area contributed by atoms with E-state index in [1.165, 1.54) is 49.4 Å². The summed E-state index contributed by atoms with van der Waals surface area (Å²) in [5.74, 6) is -0.568. The number of nitrogens with one attached hydrogen (secondary N) is 2. The van der Waals surface area contributed by atoms with Crippen molar-refractivity contribution in [1.29, 1.82) is 0 Å². The van der Waals surface area contributed by atoms with Gasteiger partial charge in [0.25, 0.3) is 15.9 Å². The normalized spacial score (nSPS) is 12.0. The maximum Gasteiger partial charge on any atom is 0.310 e. The second-order valence-corrected chi connectivity index (χ2v) is 9.10. The zero-order valence-electron chi connectivity index (χ0n) is 18.2. The molecular weight excluding hydrogens is 446 g/mol. The lowest BCUT2D eigenvalue weighted by atomic mass is 10.1. The third-order valence-electron chi connectivity index (χ3n) is 4.79. The van der Waals surface area contributed by atoms with Gasteiger partial charge in [0.15, 0.2) is 11.9 Å². The highest BCUT2D eigenvalue weighted by Crippen LogP contribution is 2.27. The van der Waals surface area contributed by atoms with Crippen molar-refractivity contribution in [3.63, 3.8) is 0 Å². The molecule has 0 aromatic heterocycles. The summed E-state index contributed by atoms with van der Waals surface area (Å²) in [6.45, 7) is 5.20. The van der Waals surface area contributed by atoms with Crippen LogP contribution < -0.4 is 14.8 Å². The van der Waals surface area contributed by atoms with E-state index in [2.05, 4.69) is 10.0 Å². The molecule has 2 N–H and O–H groups in total. The van der Waals surface area contributed by atoms with E-state index in [4.69, 9.17) is 4.74 Å². The minimum atomic E-state index is -3.82. The summed E-state index contributed by atoms with van der Waals surface area (Å²) >= 11 is 0. The molecule has 3 aromatic carbocycles. The number of hydrogen-bond donors (Lipinski definition) is 2. The number of benzene rings is 3. The third-order valence-corrected chi connectivity index (χ3v) is 6.17. The van der Waals surface area contributed by atoms with Crippen LogP contribution in [-0.4, -0.2) is 25.4 Å². The van der Waals surface area contributed by atoms with Crippen LogP contribution in [0.2, 0.25) is 0 Å². The quantitative estimate of drug-likeness (QED) is 0.371. The highest BCUT2D eigenvalue weighted by atomic mass is 32.2. The first-order valence-corrected chi connectivity index (χ1v) is 11.5. The van der Waals surface area contributed by atoms with E-state index in [1.807, 2.05) is 26.0 Å². The zero-order valence-corrected chi connectivity index (χ0v) is 19.0. The Morgan fingerprint density at radius 1 is 1.03 bits per heavy atom. The number of carbonyl (C=O) groups is 1. The van der Waals surface area contributed by atoms with Gasteiger partial charge in [-0.25, -0.2) is 8.42 Å². The number of carbonyl (C=O) groups excluding carboxylic acids is 1. The lowest BCUT2D eigenvalue weighted by molar-refractivity contribution is -0.386. The molecule has 0 fully saturated rings. The molecular formula is C23H23N3O6S. The highest BCUT2D eigenvalue weighted by Gasteiger charge is 2.21. The molecule has 0 heterocycles. The first kappa shape index (κ1) is 23.7. The van der Waals surface area contributed by atoms with Gasteiger partial charge in [0.05, 0.1) is 15.5 Å². The van der Waals surface area contributed by atoms with Crippen LogP contribution in [0, 0.1) is 24.0 Å². The van der Waals surface area contributed by atoms with E-state index < -0.39 is 27.0 Å². The third kappa shape index (κ3) is 5.86. The monoisotopic (exact) mass is 469 g/mol. The molecule has 0 saturated heterocycles. The number of aryl methyl sites for hydroxylation is 2. The summed E-state index contributed by atoms with van der Waals surface area (Å²) in [4.78, 5) is 23.0. The number of ether oxygens (including phenoxy) is 1. The fourth-order valence-electron chi connectivity index (χ4n) is 3.04. The Morgan fingerprint density at radius 2 is 1.70 bits per heavy atom. The molecule has 0 saturated carbocycles. The molecule has 1 atom stereocenters. The fraction of sp³-hybridized carbons (Fsp3) is 0.174. The molecule has 1 unspecified atom stereocenters. The topological polar surface area (TPSA) is 128 Å². The van der Waals surface area contributed by atoms with Crippen LogP contribution in [0.3, 0.4) is 0 Å². The number of anilines is 2. The molecule has 0 aliphatic heterocycles. The van der Waals surface area contributed by atoms with Gasteiger partial charge in [-0.05, 0) is 62.7 Å². The van der Waals surface area contributed by atoms with Crippen molar-refractivity contribution < 1.29 is 22.9 Å². The maximum absolute atomic E-state index is 12.7. The predicted octanol–water partition coefficient (Wildman–Crippen LogP) is 4.42. The van der Waals surface area contributed by atoms with Crippen LogP contribution in [0.4, 0.5) is 17.1 Å². The molecule has 172 valence electrons. The number of sulfonamides is 1. The highest BCUT2D eigenvalue weighted by molar-refractivity contribution is 7.92. The molecule has 0 bridgehead atoms. The summed E-state index contributed by atoms with van der Waals surface area (Å²) in [5, 5.41) is 13.7. The van der Waals surface area contributed by atoms with Crippen molar-refractivity contribution in [3.05, 3.63) is 88.0 Å². The van der Waals surface area contributed by atoms with E-state index in [1.54, 1.807) is 12.1 Å². The largest absolute Gasteiger partial charge is 0.474 e. The lowest BCUT2D eigenvalue weighted by Crippen LogP contribution is -2.30. The first-order valence-electron chi connectivity index (χ1n) is 9.98. The van der Waals surface area contributed by atoms with Gasteiger partial charge >= 0.3 is 5.69 Å². The molecule has 10 heteroatoms. The van der Waals surface area contributed by atoms with E-state index >= 15 is 0 Å². The van der Waals surface area contributed by atoms with Crippen LogP contribution in [0.1, 0.15) is 18.1 Å². The summed E-state index contributed by atoms with van der Waals surface area (Å²) in [5.41, 5.74) is 2.41. The number of nitro benzene ring substituents is 1. The Balaban J connectivity index is 1.67. The molecule has 9 nitrogen and oxygen atoms in total. The van der Waals surface area contributed by atoms with Gasteiger partial charge < -0.3 is 10.1 Å². The summed E-state index contributed by atoms with van der Waals surface area (Å²) in [7, 11) is -3.82. The second-order valence-electron chi connectivity index (χ2n) is 7.42. The smallest absolute Gasteiger partial charge is 0.310 e. The number of hydrogen-bond acceptors (Lipinski definition) is 6. The summed E-state index contributed by atoms with van der Waals surface area (Å²) < 4.78 is 33.4. The molecule has 33 heavy (non-hydrogen) atoms. The lowest BCUT2D eigenvalue weighted by Gasteiger charge is -2.15. The number of para-hydroxylation sites is 2. The van der Waals surface area contributed by atoms with E-state index in [-0.39, 0.29) is 16.3 Å². The standard InChI is InChI=1S/C23H23N3O6S/c1-15-8-13-20(16(2)14-15)25-33(30,31)19-11-9-18(10-12-19)24-23(27)17(3)32-22-7-5-4-6-21(22)26(28)29/h4-14,17,25H,1-3H3,(H,24,27). The Labute approximate surface area is 191 Å². The molecule has 0 aliphatic carbocycles. The van der Waals surface area contributed by atoms with Crippen molar-refractivity contribution in [2.75, 3.05) is 10.0 Å². The molecule has 1 amide bonds. The van der Waals surface area contributed by atoms with Crippen molar-refractivity contribution in [2.45, 2.75) is 31.8 Å². The van der Waals surface area contributed by atoms with Gasteiger partial charge in [-0.15, -0.1) is 0 Å². The van der Waals surface area contributed by atoms with Crippen molar-refractivity contribution in [1.82, 2.24) is 0 Å². The molecule has 3 aromatic rings. The Hall–Kier alpha value is -3.92. The molecule has 0 aliphatic rings. The zero-order chi connectivity index (χ0) is 24.2. The average Bonchev–Trinajstić information content (AvgIpc) is 2.76. The van der Waals surface area contributed by atoms with Gasteiger partial charge in [-0.3, -0.25) is 19.6 Å². The number of amides is 1. The Morgan fingerprint density at radius 3 is 2.33 bits per heavy atom. The summed E-state index contributed by atoms with van der Waals surface area (Å²) in [6.07, 6.45) is -1.03. The van der Waals surface area contributed by atoms with Gasteiger partial charge in [-0.2, -0.15) is 0 Å². The minimum absolute atomic E-state index is 0.0240. The van der Waals surface area contributed by atoms with Crippen molar-refractivity contribution in [2.24, 2.45) is 0 Å². The van der Waals surface area contributed by atoms with Gasteiger partial charge in [-0.1, -0.05) is 29.8 Å². The molecule has 0 radical (unpaired) electrons. The van der Waals surface area contributed by atoms with Crippen LogP contribution >= 0.6 is 0 Å². The van der Waals surface area contributed by atoms with Crippen LogP contribution in [0.5, 0.6) is 5.75 Å². The predicted molar refractivity (Wildman–Crippen MR) is 125 cm³/mol. The second kappa shape index (κ2) is 9.70. The van der Waals surface area contributed by atoms with E-state index in [0.717, 1.165) is 11.1 Å². The van der Waals surface area contributed by atoms with Crippen LogP contribution in [-0.2, 0) is 14.8 Å². The number of nitro groups is 1. The molecule has 3 rings (SSSR count). The summed E-state index contributed by atoms with van der Waals surface area (Å²) in [6, 6.07) is 16.8. The van der Waals surface area contributed by atoms with Gasteiger partial charge in [0.2, 0.25) is 0 Å². The fourth-order valence-corrected chi connectivity index (χ4v) is 4.18. The van der Waals surface area contributed by atoms with Crippen molar-refractivity contribution in [3.8, 4) is 5.75 Å².